The molecule has 0 aromatic rings. The molecule has 7 heteroatoms. The molecule has 6 nitrogen and oxygen atoms in total. The Balaban J connectivity index is 0.00000338. The summed E-state index contributed by atoms with van der Waals surface area (Å²) in [5, 5.41) is 3.25. The number of piperidine rings is 1. The number of hydrogen-bond acceptors (Lipinski definition) is 4. The number of halogens is 1. The van der Waals surface area contributed by atoms with E-state index in [1.54, 1.807) is 0 Å². The third kappa shape index (κ3) is 10.3. The van der Waals surface area contributed by atoms with E-state index >= 15 is 0 Å². The highest BCUT2D eigenvalue weighted by molar-refractivity contribution is 14.0. The minimum atomic E-state index is 0. The molecule has 3 N–H and O–H groups in total. The molecular weight excluding hydrogens is 441 g/mol. The van der Waals surface area contributed by atoms with Gasteiger partial charge in [-0.15, -0.1) is 24.0 Å². The molecule has 2 unspecified atom stereocenters. The van der Waals surface area contributed by atoms with Crippen molar-refractivity contribution in [3.05, 3.63) is 0 Å². The van der Waals surface area contributed by atoms with Gasteiger partial charge in [-0.2, -0.15) is 0 Å². The molecule has 0 radical (unpaired) electrons. The molecule has 2 aliphatic rings. The van der Waals surface area contributed by atoms with Crippen LogP contribution in [-0.2, 0) is 4.74 Å². The summed E-state index contributed by atoms with van der Waals surface area (Å²) in [4.78, 5) is 9.49. The lowest BCUT2D eigenvalue weighted by molar-refractivity contribution is 0.0377. The lowest BCUT2D eigenvalue weighted by Crippen LogP contribution is -2.39. The number of nitrogens with zero attached hydrogens (tertiary/aromatic N) is 3. The van der Waals surface area contributed by atoms with Crippen LogP contribution in [0.15, 0.2) is 4.99 Å². The molecule has 2 heterocycles. The standard InChI is InChI=1S/C19H39N5O.HI/c1-17-14-18(2)16-24(15-17)8-4-3-6-21-19(20)22-7-5-9-23-10-12-25-13-11-23;/h17-18H,3-16H2,1-2H3,(H3,20,21,22);1H. The van der Waals surface area contributed by atoms with Crippen LogP contribution in [0.5, 0.6) is 0 Å². The van der Waals surface area contributed by atoms with Gasteiger partial charge in [0.1, 0.15) is 0 Å². The lowest BCUT2D eigenvalue weighted by atomic mass is 9.92. The van der Waals surface area contributed by atoms with E-state index in [1.807, 2.05) is 0 Å². The Kier molecular flexibility index (Phi) is 12.8. The van der Waals surface area contributed by atoms with Crippen molar-refractivity contribution in [3.63, 3.8) is 0 Å². The van der Waals surface area contributed by atoms with Crippen molar-refractivity contribution < 1.29 is 4.74 Å². The number of likely N-dealkylation sites (tertiary alicyclic amines) is 1. The van der Waals surface area contributed by atoms with Crippen molar-refractivity contribution in [3.8, 4) is 0 Å². The second-order valence-corrected chi connectivity index (χ2v) is 7.91. The fourth-order valence-corrected chi connectivity index (χ4v) is 4.03. The molecule has 0 aliphatic carbocycles. The maximum atomic E-state index is 5.95. The predicted molar refractivity (Wildman–Crippen MR) is 120 cm³/mol. The van der Waals surface area contributed by atoms with Crippen LogP contribution in [0.1, 0.15) is 39.5 Å². The smallest absolute Gasteiger partial charge is 0.188 e. The number of rotatable bonds is 9. The van der Waals surface area contributed by atoms with Gasteiger partial charge in [0.15, 0.2) is 5.96 Å². The van der Waals surface area contributed by atoms with Crippen LogP contribution in [0.25, 0.3) is 0 Å². The summed E-state index contributed by atoms with van der Waals surface area (Å²) in [6.45, 7) is 15.1. The van der Waals surface area contributed by atoms with Crippen LogP contribution < -0.4 is 11.1 Å². The zero-order valence-electron chi connectivity index (χ0n) is 16.8. The quantitative estimate of drug-likeness (QED) is 0.228. The molecule has 2 saturated heterocycles. The van der Waals surface area contributed by atoms with Crippen molar-refractivity contribution in [1.29, 1.82) is 0 Å². The van der Waals surface area contributed by atoms with Gasteiger partial charge in [0.05, 0.1) is 13.2 Å². The lowest BCUT2D eigenvalue weighted by Gasteiger charge is -2.34. The molecule has 2 atom stereocenters. The third-order valence-corrected chi connectivity index (χ3v) is 5.17. The van der Waals surface area contributed by atoms with Gasteiger partial charge in [-0.05, 0) is 44.1 Å². The first-order valence-corrected chi connectivity index (χ1v) is 10.2. The van der Waals surface area contributed by atoms with E-state index in [4.69, 9.17) is 10.5 Å². The van der Waals surface area contributed by atoms with E-state index < -0.39 is 0 Å². The highest BCUT2D eigenvalue weighted by Gasteiger charge is 2.20. The third-order valence-electron chi connectivity index (χ3n) is 5.17. The Hall–Kier alpha value is -0.120. The van der Waals surface area contributed by atoms with Crippen molar-refractivity contribution in [2.24, 2.45) is 22.6 Å². The number of aliphatic imine (C=N–C) groups is 1. The first-order valence-electron chi connectivity index (χ1n) is 10.2. The molecule has 26 heavy (non-hydrogen) atoms. The van der Waals surface area contributed by atoms with Crippen LogP contribution >= 0.6 is 24.0 Å². The second kappa shape index (κ2) is 14.0. The van der Waals surface area contributed by atoms with E-state index in [9.17, 15) is 0 Å². The van der Waals surface area contributed by atoms with E-state index in [-0.39, 0.29) is 24.0 Å². The maximum Gasteiger partial charge on any atom is 0.188 e. The Morgan fingerprint density at radius 3 is 2.38 bits per heavy atom. The van der Waals surface area contributed by atoms with Crippen molar-refractivity contribution in [2.75, 3.05) is 65.6 Å². The SMILES string of the molecule is CC1CC(C)CN(CCCCNC(N)=NCCCN2CCOCC2)C1.I. The molecule has 0 aromatic carbocycles. The number of nitrogens with one attached hydrogen (secondary N) is 1. The van der Waals surface area contributed by atoms with E-state index in [1.165, 1.54) is 32.5 Å². The van der Waals surface area contributed by atoms with Gasteiger partial charge in [0.2, 0.25) is 0 Å². The number of guanidine groups is 1. The fraction of sp³-hybridized carbons (Fsp3) is 0.947. The van der Waals surface area contributed by atoms with Gasteiger partial charge >= 0.3 is 0 Å². The monoisotopic (exact) mass is 481 g/mol. The number of ether oxygens (including phenoxy) is 1. The Morgan fingerprint density at radius 2 is 1.69 bits per heavy atom. The Morgan fingerprint density at radius 1 is 1.04 bits per heavy atom. The molecule has 0 saturated carbocycles. The molecule has 2 fully saturated rings. The molecule has 154 valence electrons. The van der Waals surface area contributed by atoms with E-state index in [0.29, 0.717) is 5.96 Å². The van der Waals surface area contributed by atoms with Crippen LogP contribution in [-0.4, -0.2) is 81.3 Å². The first-order chi connectivity index (χ1) is 12.1. The number of unbranched alkanes of at least 4 members (excludes halogenated alkanes) is 1. The zero-order valence-corrected chi connectivity index (χ0v) is 19.1. The summed E-state index contributed by atoms with van der Waals surface area (Å²) in [6, 6.07) is 0. The van der Waals surface area contributed by atoms with Gasteiger partial charge in [0.25, 0.3) is 0 Å². The highest BCUT2D eigenvalue weighted by atomic mass is 127. The average molecular weight is 481 g/mol. The summed E-state index contributed by atoms with van der Waals surface area (Å²) < 4.78 is 5.36. The van der Waals surface area contributed by atoms with Crippen LogP contribution in [0.2, 0.25) is 0 Å². The van der Waals surface area contributed by atoms with Crippen LogP contribution in [0.4, 0.5) is 0 Å². The van der Waals surface area contributed by atoms with Gasteiger partial charge in [0, 0.05) is 45.8 Å². The topological polar surface area (TPSA) is 66.1 Å². The first kappa shape index (κ1) is 23.9. The van der Waals surface area contributed by atoms with Crippen molar-refractivity contribution in [1.82, 2.24) is 15.1 Å². The van der Waals surface area contributed by atoms with E-state index in [2.05, 4.69) is 34.0 Å². The number of morpholine rings is 1. The largest absolute Gasteiger partial charge is 0.379 e. The fourth-order valence-electron chi connectivity index (χ4n) is 4.03. The molecule has 2 rings (SSSR count). The summed E-state index contributed by atoms with van der Waals surface area (Å²) in [5.41, 5.74) is 5.95. The van der Waals surface area contributed by atoms with E-state index in [0.717, 1.165) is 70.6 Å². The minimum absolute atomic E-state index is 0. The molecular formula is C19H40IN5O. The molecule has 0 aromatic heterocycles. The summed E-state index contributed by atoms with van der Waals surface area (Å²) in [5.74, 6) is 2.30. The Labute approximate surface area is 177 Å². The summed E-state index contributed by atoms with van der Waals surface area (Å²) in [6.07, 6.45) is 4.84. The second-order valence-electron chi connectivity index (χ2n) is 7.91. The molecule has 0 spiro atoms. The van der Waals surface area contributed by atoms with Crippen LogP contribution in [0, 0.1) is 11.8 Å². The number of hydrogen-bond donors (Lipinski definition) is 2. The van der Waals surface area contributed by atoms with Crippen molar-refractivity contribution in [2.45, 2.75) is 39.5 Å². The number of nitrogens with two attached hydrogens (primary N) is 1. The summed E-state index contributed by atoms with van der Waals surface area (Å²) in [7, 11) is 0. The highest BCUT2D eigenvalue weighted by Crippen LogP contribution is 2.20. The summed E-state index contributed by atoms with van der Waals surface area (Å²) >= 11 is 0. The van der Waals surface area contributed by atoms with Gasteiger partial charge in [-0.25, -0.2) is 0 Å². The van der Waals surface area contributed by atoms with Gasteiger partial charge in [-0.3, -0.25) is 9.89 Å². The van der Waals surface area contributed by atoms with Crippen LogP contribution in [0.3, 0.4) is 0 Å². The van der Waals surface area contributed by atoms with Crippen molar-refractivity contribution >= 4 is 29.9 Å². The van der Waals surface area contributed by atoms with Gasteiger partial charge < -0.3 is 20.7 Å². The molecule has 0 amide bonds. The molecule has 2 aliphatic heterocycles. The molecule has 0 bridgehead atoms. The average Bonchev–Trinajstić information content (AvgIpc) is 2.58. The van der Waals surface area contributed by atoms with Gasteiger partial charge in [-0.1, -0.05) is 13.8 Å². The predicted octanol–water partition coefficient (Wildman–Crippen LogP) is 1.99. The minimum Gasteiger partial charge on any atom is -0.379 e. The normalized spacial score (nSPS) is 25.7. The zero-order chi connectivity index (χ0) is 17.9. The maximum absolute atomic E-state index is 5.95. The Bertz CT molecular complexity index is 380.